The molecule has 0 unspecified atom stereocenters. The van der Waals surface area contributed by atoms with Crippen molar-refractivity contribution >= 4 is 11.3 Å². The smallest absolute Gasteiger partial charge is 0.0673 e. The first-order chi connectivity index (χ1) is 8.72. The minimum atomic E-state index is 0.782. The third-order valence-electron chi connectivity index (χ3n) is 3.46. The molecule has 4 heteroatoms. The van der Waals surface area contributed by atoms with E-state index in [1.165, 1.54) is 33.9 Å². The van der Waals surface area contributed by atoms with Crippen LogP contribution in [0, 0.1) is 13.8 Å². The van der Waals surface area contributed by atoms with E-state index in [2.05, 4.69) is 41.1 Å². The summed E-state index contributed by atoms with van der Waals surface area (Å²) in [6.07, 6.45) is 4.57. The van der Waals surface area contributed by atoms with Crippen molar-refractivity contribution in [3.63, 3.8) is 0 Å². The Morgan fingerprint density at radius 1 is 1.44 bits per heavy atom. The molecule has 0 radical (unpaired) electrons. The highest BCUT2D eigenvalue weighted by atomic mass is 32.1. The van der Waals surface area contributed by atoms with Gasteiger partial charge in [-0.25, -0.2) is 0 Å². The summed E-state index contributed by atoms with van der Waals surface area (Å²) in [4.78, 5) is 2.86. The van der Waals surface area contributed by atoms with Crippen LogP contribution in [0.4, 0.5) is 0 Å². The molecule has 1 saturated carbocycles. The molecule has 0 atom stereocenters. The zero-order valence-electron chi connectivity index (χ0n) is 10.9. The second kappa shape index (κ2) is 4.86. The number of rotatable bonds is 5. The van der Waals surface area contributed by atoms with E-state index in [1.54, 1.807) is 0 Å². The van der Waals surface area contributed by atoms with Crippen LogP contribution in [-0.4, -0.2) is 15.8 Å². The monoisotopic (exact) mass is 261 g/mol. The molecule has 1 N–H and O–H groups in total. The van der Waals surface area contributed by atoms with Crippen molar-refractivity contribution in [1.29, 1.82) is 0 Å². The van der Waals surface area contributed by atoms with Crippen molar-refractivity contribution in [2.75, 3.05) is 0 Å². The molecule has 0 spiro atoms. The summed E-state index contributed by atoms with van der Waals surface area (Å²) in [6, 6.07) is 5.16. The van der Waals surface area contributed by atoms with Gasteiger partial charge in [0.05, 0.1) is 6.54 Å². The summed E-state index contributed by atoms with van der Waals surface area (Å²) in [5.41, 5.74) is 2.62. The Balaban J connectivity index is 1.69. The van der Waals surface area contributed by atoms with Crippen LogP contribution in [0.5, 0.6) is 0 Å². The van der Waals surface area contributed by atoms with Crippen molar-refractivity contribution in [3.05, 3.63) is 39.3 Å². The first kappa shape index (κ1) is 11.9. The van der Waals surface area contributed by atoms with Gasteiger partial charge in [-0.1, -0.05) is 0 Å². The van der Waals surface area contributed by atoms with Gasteiger partial charge >= 0.3 is 0 Å². The van der Waals surface area contributed by atoms with Gasteiger partial charge in [0.2, 0.25) is 0 Å². The second-order valence-electron chi connectivity index (χ2n) is 5.08. The number of nitrogens with one attached hydrogen (secondary N) is 1. The topological polar surface area (TPSA) is 29.9 Å². The summed E-state index contributed by atoms with van der Waals surface area (Å²) in [7, 11) is 0. The highest BCUT2D eigenvalue weighted by molar-refractivity contribution is 7.12. The summed E-state index contributed by atoms with van der Waals surface area (Å²) in [5, 5.41) is 7.92. The lowest BCUT2D eigenvalue weighted by molar-refractivity contribution is 0.662. The minimum absolute atomic E-state index is 0.782. The van der Waals surface area contributed by atoms with Gasteiger partial charge in [0.15, 0.2) is 0 Å². The van der Waals surface area contributed by atoms with E-state index >= 15 is 0 Å². The molecule has 1 fully saturated rings. The quantitative estimate of drug-likeness (QED) is 0.897. The third-order valence-corrected chi connectivity index (χ3v) is 4.56. The molecule has 1 aliphatic rings. The molecule has 0 saturated heterocycles. The number of nitrogens with zero attached hydrogens (tertiary/aromatic N) is 2. The van der Waals surface area contributed by atoms with E-state index in [9.17, 15) is 0 Å². The second-order valence-corrected chi connectivity index (χ2v) is 6.42. The Kier molecular flexibility index (Phi) is 3.22. The first-order valence-electron chi connectivity index (χ1n) is 6.52. The van der Waals surface area contributed by atoms with E-state index in [-0.39, 0.29) is 0 Å². The summed E-state index contributed by atoms with van der Waals surface area (Å²) >= 11 is 1.91. The lowest BCUT2D eigenvalue weighted by Crippen LogP contribution is -2.14. The maximum Gasteiger partial charge on any atom is 0.0673 e. The van der Waals surface area contributed by atoms with Gasteiger partial charge in [-0.15, -0.1) is 11.3 Å². The predicted octanol–water partition coefficient (Wildman–Crippen LogP) is 2.86. The van der Waals surface area contributed by atoms with E-state index in [0.717, 1.165) is 19.1 Å². The number of thiophene rings is 1. The van der Waals surface area contributed by atoms with Crippen LogP contribution in [0.1, 0.15) is 33.9 Å². The maximum absolute atomic E-state index is 4.35. The average Bonchev–Trinajstić information content (AvgIpc) is 3.00. The van der Waals surface area contributed by atoms with Crippen molar-refractivity contribution in [2.45, 2.75) is 45.8 Å². The third kappa shape index (κ3) is 2.65. The highest BCUT2D eigenvalue weighted by Crippen LogP contribution is 2.25. The minimum Gasteiger partial charge on any atom is -0.309 e. The first-order valence-corrected chi connectivity index (χ1v) is 7.34. The largest absolute Gasteiger partial charge is 0.309 e. The van der Waals surface area contributed by atoms with E-state index in [0.29, 0.717) is 0 Å². The summed E-state index contributed by atoms with van der Waals surface area (Å²) < 4.78 is 2.06. The van der Waals surface area contributed by atoms with Crippen molar-refractivity contribution in [3.8, 4) is 0 Å². The molecule has 96 valence electrons. The molecular formula is C14H19N3S. The zero-order valence-corrected chi connectivity index (χ0v) is 11.8. The van der Waals surface area contributed by atoms with Gasteiger partial charge in [0, 0.05) is 34.2 Å². The molecule has 0 amide bonds. The Hall–Kier alpha value is -1.13. The molecule has 2 aromatic rings. The van der Waals surface area contributed by atoms with Crippen LogP contribution in [0.25, 0.3) is 0 Å². The zero-order chi connectivity index (χ0) is 12.5. The normalized spacial score (nSPS) is 15.2. The average molecular weight is 261 g/mol. The highest BCUT2D eigenvalue weighted by Gasteiger charge is 2.20. The van der Waals surface area contributed by atoms with Gasteiger partial charge in [-0.3, -0.25) is 4.68 Å². The molecule has 0 aromatic carbocycles. The number of hydrogen-bond acceptors (Lipinski definition) is 3. The lowest BCUT2D eigenvalue weighted by atomic mass is 10.2. The molecule has 3 nitrogen and oxygen atoms in total. The molecular weight excluding hydrogens is 242 g/mol. The molecule has 18 heavy (non-hydrogen) atoms. The summed E-state index contributed by atoms with van der Waals surface area (Å²) in [5.74, 6) is 0. The fourth-order valence-electron chi connectivity index (χ4n) is 2.09. The molecule has 3 rings (SSSR count). The van der Waals surface area contributed by atoms with Crippen LogP contribution < -0.4 is 5.32 Å². The molecule has 0 bridgehead atoms. The van der Waals surface area contributed by atoms with Crippen LogP contribution in [0.15, 0.2) is 18.3 Å². The number of hydrogen-bond donors (Lipinski definition) is 1. The van der Waals surface area contributed by atoms with Gasteiger partial charge in [0.25, 0.3) is 0 Å². The van der Waals surface area contributed by atoms with Crippen molar-refractivity contribution in [1.82, 2.24) is 15.1 Å². The Labute approximate surface area is 112 Å². The van der Waals surface area contributed by atoms with E-state index in [1.807, 2.05) is 17.5 Å². The molecule has 2 aromatic heterocycles. The van der Waals surface area contributed by atoms with Crippen molar-refractivity contribution in [2.24, 2.45) is 0 Å². The van der Waals surface area contributed by atoms with E-state index < -0.39 is 0 Å². The van der Waals surface area contributed by atoms with Gasteiger partial charge in [-0.2, -0.15) is 5.10 Å². The molecule has 0 aliphatic heterocycles. The Morgan fingerprint density at radius 2 is 2.28 bits per heavy atom. The number of aromatic nitrogens is 2. The van der Waals surface area contributed by atoms with Crippen molar-refractivity contribution < 1.29 is 0 Å². The predicted molar refractivity (Wildman–Crippen MR) is 75.0 cm³/mol. The fourth-order valence-corrected chi connectivity index (χ4v) is 3.09. The van der Waals surface area contributed by atoms with E-state index in [4.69, 9.17) is 0 Å². The van der Waals surface area contributed by atoms with Crippen LogP contribution >= 0.6 is 11.3 Å². The number of aryl methyl sites for hydroxylation is 2. The molecule has 2 heterocycles. The van der Waals surface area contributed by atoms with Crippen LogP contribution in [0.2, 0.25) is 0 Å². The molecule has 1 aliphatic carbocycles. The van der Waals surface area contributed by atoms with Gasteiger partial charge in [0.1, 0.15) is 0 Å². The van der Waals surface area contributed by atoms with Gasteiger partial charge < -0.3 is 5.32 Å². The standard InChI is InChI=1S/C14H19N3S/c1-10-5-6-16-17(10)9-12-7-14(18-11(12)2)8-15-13-3-4-13/h5-7,13,15H,3-4,8-9H2,1-2H3. The van der Waals surface area contributed by atoms with Crippen LogP contribution in [0.3, 0.4) is 0 Å². The fraction of sp³-hybridized carbons (Fsp3) is 0.500. The SMILES string of the molecule is Cc1sc(CNC2CC2)cc1Cn1nccc1C. The van der Waals surface area contributed by atoms with Crippen LogP contribution in [-0.2, 0) is 13.1 Å². The van der Waals surface area contributed by atoms with Gasteiger partial charge in [-0.05, 0) is 44.4 Å². The Morgan fingerprint density at radius 3 is 2.94 bits per heavy atom. The summed E-state index contributed by atoms with van der Waals surface area (Å²) in [6.45, 7) is 6.22. The maximum atomic E-state index is 4.35. The lowest BCUT2D eigenvalue weighted by Gasteiger charge is -2.03. The Bertz CT molecular complexity index is 537.